The van der Waals surface area contributed by atoms with Crippen LogP contribution in [0.1, 0.15) is 19.7 Å². The molecule has 2 rings (SSSR count). The van der Waals surface area contributed by atoms with E-state index < -0.39 is 0 Å². The number of hydrogen-bond donors (Lipinski definition) is 1. The lowest BCUT2D eigenvalue weighted by molar-refractivity contribution is 0.576. The van der Waals surface area contributed by atoms with Gasteiger partial charge < -0.3 is 9.88 Å². The van der Waals surface area contributed by atoms with E-state index in [0.717, 1.165) is 29.8 Å². The smallest absolute Gasteiger partial charge is 0.111 e. The maximum atomic E-state index is 6.00. The Morgan fingerprint density at radius 1 is 1.47 bits per heavy atom. The van der Waals surface area contributed by atoms with Gasteiger partial charge in [-0.05, 0) is 18.2 Å². The molecule has 2 aromatic rings. The molecular formula is C15H18ClN3. The Kier molecular flexibility index (Phi) is 4.47. The van der Waals surface area contributed by atoms with Crippen molar-refractivity contribution in [2.24, 2.45) is 0 Å². The summed E-state index contributed by atoms with van der Waals surface area (Å²) in [6.45, 7) is 5.68. The van der Waals surface area contributed by atoms with Crippen LogP contribution in [0.15, 0.2) is 18.2 Å². The van der Waals surface area contributed by atoms with Gasteiger partial charge in [0.15, 0.2) is 0 Å². The maximum absolute atomic E-state index is 6.00. The van der Waals surface area contributed by atoms with E-state index in [2.05, 4.69) is 34.6 Å². The van der Waals surface area contributed by atoms with Crippen molar-refractivity contribution in [3.63, 3.8) is 0 Å². The Bertz CT molecular complexity index is 608. The van der Waals surface area contributed by atoms with Gasteiger partial charge in [0.2, 0.25) is 0 Å². The summed E-state index contributed by atoms with van der Waals surface area (Å²) in [7, 11) is 0. The lowest BCUT2D eigenvalue weighted by Gasteiger charge is -2.08. The third-order valence-electron chi connectivity index (χ3n) is 2.94. The predicted octanol–water partition coefficient (Wildman–Crippen LogP) is 2.86. The highest BCUT2D eigenvalue weighted by Gasteiger charge is 2.10. The van der Waals surface area contributed by atoms with Gasteiger partial charge >= 0.3 is 0 Å². The van der Waals surface area contributed by atoms with E-state index in [9.17, 15) is 0 Å². The second kappa shape index (κ2) is 6.10. The van der Waals surface area contributed by atoms with E-state index in [0.29, 0.717) is 17.6 Å². The average Bonchev–Trinajstić information content (AvgIpc) is 2.67. The second-order valence-corrected chi connectivity index (χ2v) is 5.25. The summed E-state index contributed by atoms with van der Waals surface area (Å²) in [6, 6.07) is 6.19. The highest BCUT2D eigenvalue weighted by molar-refractivity contribution is 6.31. The number of nitrogens with zero attached hydrogens (tertiary/aromatic N) is 2. The molecule has 0 spiro atoms. The fourth-order valence-electron chi connectivity index (χ4n) is 2.08. The van der Waals surface area contributed by atoms with Crippen molar-refractivity contribution in [2.45, 2.75) is 32.9 Å². The zero-order valence-electron chi connectivity index (χ0n) is 11.3. The van der Waals surface area contributed by atoms with Gasteiger partial charge in [-0.2, -0.15) is 0 Å². The maximum Gasteiger partial charge on any atom is 0.111 e. The Morgan fingerprint density at radius 3 is 2.95 bits per heavy atom. The summed E-state index contributed by atoms with van der Waals surface area (Å²) in [4.78, 5) is 4.63. The van der Waals surface area contributed by atoms with Crippen LogP contribution in [0.5, 0.6) is 0 Å². The van der Waals surface area contributed by atoms with Crippen LogP contribution in [0, 0.1) is 12.3 Å². The summed E-state index contributed by atoms with van der Waals surface area (Å²) in [5.41, 5.74) is 1.95. The van der Waals surface area contributed by atoms with Crippen molar-refractivity contribution in [1.82, 2.24) is 14.9 Å². The normalized spacial score (nSPS) is 11.1. The van der Waals surface area contributed by atoms with Crippen LogP contribution in [0.4, 0.5) is 0 Å². The first-order valence-electron chi connectivity index (χ1n) is 6.43. The number of aromatic nitrogens is 2. The number of terminal acetylenes is 1. The van der Waals surface area contributed by atoms with Crippen molar-refractivity contribution >= 4 is 22.6 Å². The molecule has 0 aliphatic carbocycles. The third kappa shape index (κ3) is 3.28. The third-order valence-corrected chi connectivity index (χ3v) is 3.18. The molecular weight excluding hydrogens is 258 g/mol. The zero-order valence-corrected chi connectivity index (χ0v) is 12.0. The van der Waals surface area contributed by atoms with Gasteiger partial charge in [0.25, 0.3) is 0 Å². The van der Waals surface area contributed by atoms with Crippen molar-refractivity contribution in [3.8, 4) is 12.3 Å². The lowest BCUT2D eigenvalue weighted by Crippen LogP contribution is -2.25. The molecule has 4 heteroatoms. The molecule has 0 amide bonds. The summed E-state index contributed by atoms with van der Waals surface area (Å²) in [5, 5.41) is 4.09. The van der Waals surface area contributed by atoms with Crippen molar-refractivity contribution in [2.75, 3.05) is 6.54 Å². The topological polar surface area (TPSA) is 29.9 Å². The molecule has 1 aromatic heterocycles. The van der Waals surface area contributed by atoms with E-state index in [4.69, 9.17) is 18.0 Å². The monoisotopic (exact) mass is 275 g/mol. The van der Waals surface area contributed by atoms with Crippen LogP contribution in [0.2, 0.25) is 5.02 Å². The largest absolute Gasteiger partial charge is 0.316 e. The van der Waals surface area contributed by atoms with E-state index in [1.807, 2.05) is 18.2 Å². The Morgan fingerprint density at radius 2 is 2.26 bits per heavy atom. The molecule has 3 nitrogen and oxygen atoms in total. The minimum Gasteiger partial charge on any atom is -0.316 e. The fraction of sp³-hybridized carbons (Fsp3) is 0.400. The Hall–Kier alpha value is -1.50. The SMILES string of the molecule is C#CCn1c(CCNC(C)C)nc2cc(Cl)ccc21. The Balaban J connectivity index is 2.31. The van der Waals surface area contributed by atoms with Gasteiger partial charge in [0.05, 0.1) is 17.6 Å². The minimum atomic E-state index is 0.472. The summed E-state index contributed by atoms with van der Waals surface area (Å²) in [5.74, 6) is 3.69. The highest BCUT2D eigenvalue weighted by atomic mass is 35.5. The molecule has 1 aromatic carbocycles. The summed E-state index contributed by atoms with van der Waals surface area (Å²) < 4.78 is 2.08. The number of nitrogens with one attached hydrogen (secondary N) is 1. The number of imidazole rings is 1. The zero-order chi connectivity index (χ0) is 13.8. The van der Waals surface area contributed by atoms with Crippen molar-refractivity contribution < 1.29 is 0 Å². The molecule has 0 aliphatic heterocycles. The molecule has 1 heterocycles. The molecule has 19 heavy (non-hydrogen) atoms. The van der Waals surface area contributed by atoms with Gasteiger partial charge in [-0.1, -0.05) is 31.4 Å². The highest BCUT2D eigenvalue weighted by Crippen LogP contribution is 2.20. The number of halogens is 1. The quantitative estimate of drug-likeness (QED) is 0.851. The summed E-state index contributed by atoms with van der Waals surface area (Å²) >= 11 is 6.00. The minimum absolute atomic E-state index is 0.472. The molecule has 0 unspecified atom stereocenters. The standard InChI is InChI=1S/C15H18ClN3/c1-4-9-19-14-6-5-12(16)10-13(14)18-15(19)7-8-17-11(2)3/h1,5-6,10-11,17H,7-9H2,2-3H3. The number of hydrogen-bond acceptors (Lipinski definition) is 2. The molecule has 0 atom stereocenters. The van der Waals surface area contributed by atoms with Crippen LogP contribution in [-0.4, -0.2) is 22.1 Å². The molecule has 0 radical (unpaired) electrons. The number of rotatable bonds is 5. The lowest BCUT2D eigenvalue weighted by atomic mass is 10.3. The first-order valence-corrected chi connectivity index (χ1v) is 6.81. The molecule has 100 valence electrons. The van der Waals surface area contributed by atoms with Crippen LogP contribution < -0.4 is 5.32 Å². The second-order valence-electron chi connectivity index (χ2n) is 4.81. The first-order chi connectivity index (χ1) is 9.11. The summed E-state index contributed by atoms with van der Waals surface area (Å²) in [6.07, 6.45) is 6.30. The van der Waals surface area contributed by atoms with Crippen LogP contribution >= 0.6 is 11.6 Å². The predicted molar refractivity (Wildman–Crippen MR) is 80.4 cm³/mol. The number of fused-ring (bicyclic) bond motifs is 1. The van der Waals surface area contributed by atoms with Gasteiger partial charge in [0.1, 0.15) is 5.82 Å². The Labute approximate surface area is 119 Å². The fourth-order valence-corrected chi connectivity index (χ4v) is 2.25. The average molecular weight is 276 g/mol. The van der Waals surface area contributed by atoms with Crippen LogP contribution in [0.3, 0.4) is 0 Å². The number of benzene rings is 1. The van der Waals surface area contributed by atoms with E-state index in [-0.39, 0.29) is 0 Å². The van der Waals surface area contributed by atoms with Crippen LogP contribution in [-0.2, 0) is 13.0 Å². The van der Waals surface area contributed by atoms with Gasteiger partial charge in [-0.3, -0.25) is 0 Å². The van der Waals surface area contributed by atoms with E-state index in [1.54, 1.807) is 0 Å². The van der Waals surface area contributed by atoms with Crippen molar-refractivity contribution in [3.05, 3.63) is 29.0 Å². The van der Waals surface area contributed by atoms with Gasteiger partial charge in [-0.25, -0.2) is 4.98 Å². The molecule has 0 bridgehead atoms. The molecule has 0 fully saturated rings. The van der Waals surface area contributed by atoms with Crippen molar-refractivity contribution in [1.29, 1.82) is 0 Å². The van der Waals surface area contributed by atoms with Gasteiger partial charge in [-0.15, -0.1) is 6.42 Å². The molecule has 0 aliphatic rings. The van der Waals surface area contributed by atoms with E-state index >= 15 is 0 Å². The molecule has 0 saturated carbocycles. The van der Waals surface area contributed by atoms with E-state index in [1.165, 1.54) is 0 Å². The van der Waals surface area contributed by atoms with Gasteiger partial charge in [0, 0.05) is 24.0 Å². The molecule has 0 saturated heterocycles. The van der Waals surface area contributed by atoms with Crippen LogP contribution in [0.25, 0.3) is 11.0 Å². The molecule has 1 N–H and O–H groups in total. The first kappa shape index (κ1) is 13.9.